The maximum atomic E-state index is 5.50. The maximum Gasteiger partial charge on any atom is 0.145 e. The van der Waals surface area contributed by atoms with Crippen LogP contribution < -0.4 is 16.2 Å². The van der Waals surface area contributed by atoms with Gasteiger partial charge in [-0.3, -0.25) is 0 Å². The van der Waals surface area contributed by atoms with Crippen LogP contribution in [-0.2, 0) is 0 Å². The van der Waals surface area contributed by atoms with E-state index in [9.17, 15) is 0 Å². The highest BCUT2D eigenvalue weighted by molar-refractivity contribution is 5.49. The van der Waals surface area contributed by atoms with Gasteiger partial charge in [0, 0.05) is 25.1 Å². The van der Waals surface area contributed by atoms with Crippen LogP contribution in [0.25, 0.3) is 0 Å². The van der Waals surface area contributed by atoms with Crippen LogP contribution in [0.15, 0.2) is 6.07 Å². The first-order chi connectivity index (χ1) is 8.69. The zero-order valence-electron chi connectivity index (χ0n) is 11.1. The predicted octanol–water partition coefficient (Wildman–Crippen LogP) is 1.87. The van der Waals surface area contributed by atoms with E-state index < -0.39 is 0 Å². The maximum absolute atomic E-state index is 5.50. The molecule has 0 spiro atoms. The molecule has 98 valence electrons. The lowest BCUT2D eigenvalue weighted by Crippen LogP contribution is -2.31. The summed E-state index contributed by atoms with van der Waals surface area (Å²) in [7, 11) is 2.11. The molecule has 2 fully saturated rings. The Kier molecular flexibility index (Phi) is 2.86. The molecule has 0 saturated heterocycles. The molecule has 0 aromatic carbocycles. The number of aromatic nitrogens is 2. The average molecular weight is 247 g/mol. The molecule has 2 aliphatic carbocycles. The van der Waals surface area contributed by atoms with Gasteiger partial charge in [0.2, 0.25) is 0 Å². The number of anilines is 2. The third-order valence-corrected chi connectivity index (χ3v) is 4.10. The smallest absolute Gasteiger partial charge is 0.145 e. The van der Waals surface area contributed by atoms with Crippen LogP contribution in [0.5, 0.6) is 0 Å². The van der Waals surface area contributed by atoms with E-state index in [2.05, 4.69) is 29.3 Å². The summed E-state index contributed by atoms with van der Waals surface area (Å²) < 4.78 is 0. The number of hydrogen-bond acceptors (Lipinski definition) is 5. The van der Waals surface area contributed by atoms with Crippen LogP contribution in [0.4, 0.5) is 11.6 Å². The molecule has 1 aromatic heterocycles. The third-order valence-electron chi connectivity index (χ3n) is 4.10. The van der Waals surface area contributed by atoms with Gasteiger partial charge < -0.3 is 10.3 Å². The summed E-state index contributed by atoms with van der Waals surface area (Å²) >= 11 is 0. The van der Waals surface area contributed by atoms with E-state index in [1.54, 1.807) is 0 Å². The van der Waals surface area contributed by atoms with Crippen molar-refractivity contribution >= 4 is 11.6 Å². The van der Waals surface area contributed by atoms with E-state index >= 15 is 0 Å². The zero-order valence-corrected chi connectivity index (χ0v) is 11.1. The van der Waals surface area contributed by atoms with Gasteiger partial charge in [0.1, 0.15) is 17.5 Å². The lowest BCUT2D eigenvalue weighted by Gasteiger charge is -2.26. The van der Waals surface area contributed by atoms with Crippen molar-refractivity contribution in [2.45, 2.75) is 44.6 Å². The highest BCUT2D eigenvalue weighted by Gasteiger charge is 2.32. The predicted molar refractivity (Wildman–Crippen MR) is 72.4 cm³/mol. The molecule has 0 amide bonds. The summed E-state index contributed by atoms with van der Waals surface area (Å²) in [6, 6.07) is 2.47. The van der Waals surface area contributed by atoms with Crippen molar-refractivity contribution in [2.24, 2.45) is 11.8 Å². The molecule has 0 aliphatic heterocycles. The summed E-state index contributed by atoms with van der Waals surface area (Å²) in [5, 5.41) is 0. The van der Waals surface area contributed by atoms with E-state index in [0.29, 0.717) is 12.0 Å². The van der Waals surface area contributed by atoms with E-state index in [-0.39, 0.29) is 0 Å². The lowest BCUT2D eigenvalue weighted by atomic mass is 10.2. The molecule has 0 radical (unpaired) electrons. The summed E-state index contributed by atoms with van der Waals surface area (Å²) in [6.45, 7) is 2.27. The molecular formula is C13H21N5. The number of nitrogens with two attached hydrogens (primary N) is 1. The Bertz CT molecular complexity index is 439. The van der Waals surface area contributed by atoms with Gasteiger partial charge in [-0.15, -0.1) is 0 Å². The minimum Gasteiger partial charge on any atom is -0.357 e. The molecule has 5 nitrogen and oxygen atoms in total. The van der Waals surface area contributed by atoms with Gasteiger partial charge in [0.25, 0.3) is 0 Å². The molecule has 3 N–H and O–H groups in total. The molecule has 2 aliphatic rings. The van der Waals surface area contributed by atoms with E-state index in [0.717, 1.165) is 23.4 Å². The van der Waals surface area contributed by atoms with Crippen LogP contribution in [0.1, 0.15) is 44.3 Å². The van der Waals surface area contributed by atoms with E-state index in [1.165, 1.54) is 25.7 Å². The van der Waals surface area contributed by atoms with Gasteiger partial charge >= 0.3 is 0 Å². The highest BCUT2D eigenvalue weighted by atomic mass is 15.3. The normalized spacial score (nSPS) is 20.6. The largest absolute Gasteiger partial charge is 0.357 e. The fourth-order valence-electron chi connectivity index (χ4n) is 2.33. The molecule has 1 atom stereocenters. The van der Waals surface area contributed by atoms with Gasteiger partial charge in [-0.05, 0) is 38.5 Å². The summed E-state index contributed by atoms with van der Waals surface area (Å²) in [6.07, 6.45) is 5.09. The lowest BCUT2D eigenvalue weighted by molar-refractivity contribution is 0.602. The minimum absolute atomic E-state index is 0.539. The first kappa shape index (κ1) is 11.7. The number of hydrogen-bond donors (Lipinski definition) is 2. The van der Waals surface area contributed by atoms with Crippen LogP contribution in [0.2, 0.25) is 0 Å². The molecule has 2 saturated carbocycles. The highest BCUT2D eigenvalue weighted by Crippen LogP contribution is 2.40. The van der Waals surface area contributed by atoms with Gasteiger partial charge in [-0.2, -0.15) is 0 Å². The van der Waals surface area contributed by atoms with Gasteiger partial charge in [0.05, 0.1) is 0 Å². The Morgan fingerprint density at radius 1 is 1.33 bits per heavy atom. The number of nitrogens with one attached hydrogen (secondary N) is 1. The van der Waals surface area contributed by atoms with E-state index in [4.69, 9.17) is 10.8 Å². The van der Waals surface area contributed by atoms with Crippen molar-refractivity contribution in [3.8, 4) is 0 Å². The van der Waals surface area contributed by atoms with Crippen molar-refractivity contribution in [3.05, 3.63) is 11.9 Å². The molecule has 1 aromatic rings. The Hall–Kier alpha value is -1.36. The number of nitrogens with zero attached hydrogens (tertiary/aromatic N) is 3. The van der Waals surface area contributed by atoms with Gasteiger partial charge in [0.15, 0.2) is 0 Å². The van der Waals surface area contributed by atoms with Crippen molar-refractivity contribution in [1.82, 2.24) is 9.97 Å². The van der Waals surface area contributed by atoms with Gasteiger partial charge in [-0.25, -0.2) is 15.8 Å². The molecule has 5 heteroatoms. The summed E-state index contributed by atoms with van der Waals surface area (Å²) in [5.41, 5.74) is 2.65. The van der Waals surface area contributed by atoms with Crippen molar-refractivity contribution in [2.75, 3.05) is 17.4 Å². The first-order valence-electron chi connectivity index (χ1n) is 6.77. The second-order valence-corrected chi connectivity index (χ2v) is 5.58. The van der Waals surface area contributed by atoms with Crippen LogP contribution in [0, 0.1) is 5.92 Å². The molecule has 1 heterocycles. The first-order valence-corrected chi connectivity index (χ1v) is 6.77. The monoisotopic (exact) mass is 247 g/mol. The minimum atomic E-state index is 0.539. The standard InChI is InChI=1S/C13H21N5/c1-8(9-3-4-9)18(2)12-7-11(17-14)15-13(16-12)10-5-6-10/h7-10H,3-6,14H2,1-2H3,(H,15,16,17). The van der Waals surface area contributed by atoms with Crippen LogP contribution in [-0.4, -0.2) is 23.1 Å². The van der Waals surface area contributed by atoms with Gasteiger partial charge in [-0.1, -0.05) is 0 Å². The quantitative estimate of drug-likeness (QED) is 0.614. The molecular weight excluding hydrogens is 226 g/mol. The second-order valence-electron chi connectivity index (χ2n) is 5.58. The Balaban J connectivity index is 1.86. The zero-order chi connectivity index (χ0) is 12.7. The van der Waals surface area contributed by atoms with Crippen molar-refractivity contribution in [1.29, 1.82) is 0 Å². The Labute approximate surface area is 108 Å². The summed E-state index contributed by atoms with van der Waals surface area (Å²) in [5.74, 6) is 9.51. The fourth-order valence-corrected chi connectivity index (χ4v) is 2.33. The summed E-state index contributed by atoms with van der Waals surface area (Å²) in [4.78, 5) is 11.4. The molecule has 18 heavy (non-hydrogen) atoms. The molecule has 3 rings (SSSR count). The molecule has 1 unspecified atom stereocenters. The van der Waals surface area contributed by atoms with Crippen LogP contribution in [0.3, 0.4) is 0 Å². The topological polar surface area (TPSA) is 67.1 Å². The Morgan fingerprint density at radius 3 is 2.61 bits per heavy atom. The molecule has 0 bridgehead atoms. The Morgan fingerprint density at radius 2 is 2.06 bits per heavy atom. The number of hydrazine groups is 1. The second kappa shape index (κ2) is 4.39. The average Bonchev–Trinajstić information content (AvgIpc) is 3.28. The number of rotatable bonds is 5. The van der Waals surface area contributed by atoms with Crippen molar-refractivity contribution < 1.29 is 0 Å². The third kappa shape index (κ3) is 2.27. The van der Waals surface area contributed by atoms with Crippen molar-refractivity contribution in [3.63, 3.8) is 0 Å². The number of nitrogen functional groups attached to an aromatic ring is 1. The SMILES string of the molecule is CC(C1CC1)N(C)c1cc(NN)nc(C2CC2)n1. The van der Waals surface area contributed by atoms with E-state index in [1.807, 2.05) is 6.07 Å². The fraction of sp³-hybridized carbons (Fsp3) is 0.692. The van der Waals surface area contributed by atoms with Crippen LogP contribution >= 0.6 is 0 Å².